The molecule has 144 valence electrons. The van der Waals surface area contributed by atoms with Gasteiger partial charge in [-0.3, -0.25) is 9.59 Å². The van der Waals surface area contributed by atoms with E-state index in [1.54, 1.807) is 30.3 Å². The summed E-state index contributed by atoms with van der Waals surface area (Å²) < 4.78 is 14.8. The summed E-state index contributed by atoms with van der Waals surface area (Å²) in [5.74, 6) is -0.289. The Kier molecular flexibility index (Phi) is 7.86. The van der Waals surface area contributed by atoms with E-state index >= 15 is 0 Å². The largest absolute Gasteiger partial charge is 0.355 e. The zero-order valence-electron chi connectivity index (χ0n) is 15.2. The third kappa shape index (κ3) is 6.99. The number of amides is 2. The molecular formula is C20H22BrFN2O2S. The molecule has 0 radical (unpaired) electrons. The number of anilines is 1. The van der Waals surface area contributed by atoms with Gasteiger partial charge in [0.2, 0.25) is 11.8 Å². The molecule has 0 atom stereocenters. The van der Waals surface area contributed by atoms with Gasteiger partial charge in [-0.1, -0.05) is 54.0 Å². The van der Waals surface area contributed by atoms with E-state index in [4.69, 9.17) is 0 Å². The van der Waals surface area contributed by atoms with Crippen molar-refractivity contribution >= 4 is 45.2 Å². The normalized spacial score (nSPS) is 11.1. The van der Waals surface area contributed by atoms with Crippen LogP contribution in [-0.4, -0.2) is 29.9 Å². The van der Waals surface area contributed by atoms with E-state index in [2.05, 4.69) is 26.6 Å². The van der Waals surface area contributed by atoms with Crippen molar-refractivity contribution in [1.82, 2.24) is 5.32 Å². The van der Waals surface area contributed by atoms with Gasteiger partial charge >= 0.3 is 0 Å². The summed E-state index contributed by atoms with van der Waals surface area (Å²) in [6.45, 7) is 4.08. The second kappa shape index (κ2) is 9.90. The van der Waals surface area contributed by atoms with Crippen LogP contribution < -0.4 is 10.6 Å². The average molecular weight is 453 g/mol. The molecule has 0 unspecified atom stereocenters. The van der Waals surface area contributed by atoms with Crippen LogP contribution >= 0.6 is 27.7 Å². The Morgan fingerprint density at radius 3 is 2.48 bits per heavy atom. The summed E-state index contributed by atoms with van der Waals surface area (Å²) in [6, 6.07) is 13.9. The monoisotopic (exact) mass is 452 g/mol. The van der Waals surface area contributed by atoms with Crippen molar-refractivity contribution in [1.29, 1.82) is 0 Å². The number of benzene rings is 2. The summed E-state index contributed by atoms with van der Waals surface area (Å²) in [5, 5.41) is 5.59. The number of thioether (sulfide) groups is 1. The Bertz CT molecular complexity index is 814. The molecule has 2 aromatic rings. The minimum absolute atomic E-state index is 0.166. The van der Waals surface area contributed by atoms with Gasteiger partial charge < -0.3 is 10.6 Å². The molecule has 2 aromatic carbocycles. The highest BCUT2D eigenvalue weighted by molar-refractivity contribution is 9.10. The summed E-state index contributed by atoms with van der Waals surface area (Å²) in [6.07, 6.45) is 0. The zero-order valence-corrected chi connectivity index (χ0v) is 17.6. The number of carbonyl (C=O) groups excluding carboxylic acids is 2. The van der Waals surface area contributed by atoms with Crippen molar-refractivity contribution < 1.29 is 14.0 Å². The van der Waals surface area contributed by atoms with Gasteiger partial charge in [0.05, 0.1) is 11.5 Å². The summed E-state index contributed by atoms with van der Waals surface area (Å²) in [7, 11) is 0. The van der Waals surface area contributed by atoms with Gasteiger partial charge in [0, 0.05) is 22.1 Å². The predicted octanol–water partition coefficient (Wildman–Crippen LogP) is 4.35. The van der Waals surface area contributed by atoms with E-state index in [-0.39, 0.29) is 29.1 Å². The Hall–Kier alpha value is -1.86. The van der Waals surface area contributed by atoms with Crippen molar-refractivity contribution in [2.24, 2.45) is 0 Å². The first-order valence-corrected chi connectivity index (χ1v) is 10.4. The van der Waals surface area contributed by atoms with Gasteiger partial charge in [0.1, 0.15) is 5.82 Å². The Balaban J connectivity index is 1.73. The fraction of sp³-hybridized carbons (Fsp3) is 0.300. The molecule has 0 heterocycles. The van der Waals surface area contributed by atoms with E-state index in [0.717, 1.165) is 4.47 Å². The number of hydrogen-bond donors (Lipinski definition) is 2. The smallest absolute Gasteiger partial charge is 0.234 e. The molecule has 27 heavy (non-hydrogen) atoms. The van der Waals surface area contributed by atoms with Crippen molar-refractivity contribution in [2.45, 2.75) is 19.3 Å². The lowest BCUT2D eigenvalue weighted by Crippen LogP contribution is -2.38. The van der Waals surface area contributed by atoms with E-state index in [0.29, 0.717) is 17.8 Å². The SMILES string of the molecule is CC(C)(CNC(=O)CSCC(=O)Nc1cccc(Br)c1)c1ccccc1F. The van der Waals surface area contributed by atoms with Crippen LogP contribution in [-0.2, 0) is 15.0 Å². The summed E-state index contributed by atoms with van der Waals surface area (Å²) >= 11 is 4.58. The molecule has 0 aliphatic heterocycles. The molecule has 2 N–H and O–H groups in total. The van der Waals surface area contributed by atoms with E-state index < -0.39 is 5.41 Å². The van der Waals surface area contributed by atoms with Crippen LogP contribution in [0.5, 0.6) is 0 Å². The van der Waals surface area contributed by atoms with Gasteiger partial charge in [-0.15, -0.1) is 11.8 Å². The molecule has 0 saturated carbocycles. The van der Waals surface area contributed by atoms with Crippen LogP contribution in [0.4, 0.5) is 10.1 Å². The maximum Gasteiger partial charge on any atom is 0.234 e. The molecule has 0 saturated heterocycles. The fourth-order valence-corrected chi connectivity index (χ4v) is 3.52. The van der Waals surface area contributed by atoms with E-state index in [1.165, 1.54) is 17.8 Å². The molecule has 2 amide bonds. The zero-order chi connectivity index (χ0) is 19.9. The van der Waals surface area contributed by atoms with Gasteiger partial charge in [-0.25, -0.2) is 4.39 Å². The first kappa shape index (κ1) is 21.4. The fourth-order valence-electron chi connectivity index (χ4n) is 2.48. The van der Waals surface area contributed by atoms with Crippen LogP contribution in [0.1, 0.15) is 19.4 Å². The minimum atomic E-state index is -0.524. The molecule has 2 rings (SSSR count). The van der Waals surface area contributed by atoms with Crippen LogP contribution in [0.3, 0.4) is 0 Å². The van der Waals surface area contributed by atoms with Gasteiger partial charge in [0.15, 0.2) is 0 Å². The topological polar surface area (TPSA) is 58.2 Å². The standard InChI is InChI=1S/C20H22BrFN2O2S/c1-20(2,16-8-3-4-9-17(16)22)13-23-18(25)11-27-12-19(26)24-15-7-5-6-14(21)10-15/h3-10H,11-13H2,1-2H3,(H,23,25)(H,24,26). The Morgan fingerprint density at radius 2 is 1.78 bits per heavy atom. The van der Waals surface area contributed by atoms with E-state index in [1.807, 2.05) is 26.0 Å². The Labute approximate surface area is 171 Å². The van der Waals surface area contributed by atoms with E-state index in [9.17, 15) is 14.0 Å². The second-order valence-corrected chi connectivity index (χ2v) is 8.59. The maximum atomic E-state index is 13.9. The van der Waals surface area contributed by atoms with Gasteiger partial charge in [-0.2, -0.15) is 0 Å². The van der Waals surface area contributed by atoms with Crippen LogP contribution in [0, 0.1) is 5.82 Å². The quantitative estimate of drug-likeness (QED) is 0.625. The lowest BCUT2D eigenvalue weighted by Gasteiger charge is -2.26. The highest BCUT2D eigenvalue weighted by Gasteiger charge is 2.24. The molecule has 0 aliphatic carbocycles. The first-order valence-electron chi connectivity index (χ1n) is 8.43. The predicted molar refractivity (Wildman–Crippen MR) is 113 cm³/mol. The molecule has 0 aromatic heterocycles. The molecule has 7 heteroatoms. The van der Waals surface area contributed by atoms with Crippen LogP contribution in [0.2, 0.25) is 0 Å². The van der Waals surface area contributed by atoms with Crippen LogP contribution in [0.15, 0.2) is 53.0 Å². The lowest BCUT2D eigenvalue weighted by atomic mass is 9.84. The third-order valence-corrected chi connectivity index (χ3v) is 5.33. The van der Waals surface area contributed by atoms with Gasteiger partial charge in [0.25, 0.3) is 0 Å². The summed E-state index contributed by atoms with van der Waals surface area (Å²) in [4.78, 5) is 24.0. The number of nitrogens with one attached hydrogen (secondary N) is 2. The van der Waals surface area contributed by atoms with Crippen molar-refractivity contribution in [3.63, 3.8) is 0 Å². The van der Waals surface area contributed by atoms with Crippen molar-refractivity contribution in [2.75, 3.05) is 23.4 Å². The molecule has 4 nitrogen and oxygen atoms in total. The van der Waals surface area contributed by atoms with Crippen molar-refractivity contribution in [3.05, 3.63) is 64.4 Å². The lowest BCUT2D eigenvalue weighted by molar-refractivity contribution is -0.118. The van der Waals surface area contributed by atoms with Gasteiger partial charge in [-0.05, 0) is 29.8 Å². The Morgan fingerprint density at radius 1 is 1.07 bits per heavy atom. The second-order valence-electron chi connectivity index (χ2n) is 6.69. The molecule has 0 spiro atoms. The van der Waals surface area contributed by atoms with Crippen LogP contribution in [0.25, 0.3) is 0 Å². The molecular weight excluding hydrogens is 431 g/mol. The number of carbonyl (C=O) groups is 2. The number of halogens is 2. The number of rotatable bonds is 8. The number of hydrogen-bond acceptors (Lipinski definition) is 3. The van der Waals surface area contributed by atoms with Crippen molar-refractivity contribution in [3.8, 4) is 0 Å². The highest BCUT2D eigenvalue weighted by Crippen LogP contribution is 2.24. The highest BCUT2D eigenvalue weighted by atomic mass is 79.9. The first-order chi connectivity index (χ1) is 12.8. The minimum Gasteiger partial charge on any atom is -0.355 e. The average Bonchev–Trinajstić information content (AvgIpc) is 2.60. The third-order valence-electron chi connectivity index (χ3n) is 3.91. The molecule has 0 fully saturated rings. The molecule has 0 bridgehead atoms. The molecule has 0 aliphatic rings. The summed E-state index contributed by atoms with van der Waals surface area (Å²) in [5.41, 5.74) is 0.737. The maximum absolute atomic E-state index is 13.9.